The molecule has 3 heterocycles. The van der Waals surface area contributed by atoms with Gasteiger partial charge in [0.15, 0.2) is 16.9 Å². The molecule has 0 saturated carbocycles. The monoisotopic (exact) mass is 510 g/mol. The van der Waals surface area contributed by atoms with Crippen molar-refractivity contribution in [2.24, 2.45) is 0 Å². The van der Waals surface area contributed by atoms with E-state index in [9.17, 15) is 4.39 Å². The number of rotatable bonds is 4. The predicted molar refractivity (Wildman–Crippen MR) is 136 cm³/mol. The van der Waals surface area contributed by atoms with Crippen LogP contribution in [0.2, 0.25) is 0 Å². The molecule has 2 radical (unpaired) electrons. The zero-order chi connectivity index (χ0) is 26.1. The third kappa shape index (κ3) is 3.08. The van der Waals surface area contributed by atoms with E-state index in [1.165, 1.54) is 0 Å². The fourth-order valence-electron chi connectivity index (χ4n) is 6.13. The van der Waals surface area contributed by atoms with Gasteiger partial charge in [-0.25, -0.2) is 18.1 Å². The Morgan fingerprint density at radius 2 is 1.53 bits per heavy atom. The van der Waals surface area contributed by atoms with Gasteiger partial charge >= 0.3 is 5.91 Å². The summed E-state index contributed by atoms with van der Waals surface area (Å²) in [7, 11) is 0. The van der Waals surface area contributed by atoms with Crippen LogP contribution in [0, 0.1) is 18.6 Å². The van der Waals surface area contributed by atoms with E-state index in [0.29, 0.717) is 34.1 Å². The maximum atomic E-state index is 15.1. The minimum atomic E-state index is -1.18. The number of ether oxygens (including phenoxy) is 3. The van der Waals surface area contributed by atoms with Crippen LogP contribution in [0.15, 0.2) is 78.9 Å². The first kappa shape index (κ1) is 22.9. The van der Waals surface area contributed by atoms with Gasteiger partial charge in [0.2, 0.25) is 6.79 Å². The molecule has 0 aromatic heterocycles. The number of halogens is 2. The van der Waals surface area contributed by atoms with Gasteiger partial charge in [-0.3, -0.25) is 0 Å². The van der Waals surface area contributed by atoms with Gasteiger partial charge in [-0.1, -0.05) is 42.5 Å². The van der Waals surface area contributed by atoms with Crippen LogP contribution in [0.1, 0.15) is 27.8 Å². The summed E-state index contributed by atoms with van der Waals surface area (Å²) in [6.07, 6.45) is 0. The normalized spacial score (nSPS) is 22.4. The Balaban J connectivity index is 1.48. The van der Waals surface area contributed by atoms with E-state index in [0.717, 1.165) is 29.3 Å². The van der Waals surface area contributed by atoms with Gasteiger partial charge in [-0.15, -0.1) is 0 Å². The maximum absolute atomic E-state index is 15.1. The predicted octanol–water partition coefficient (Wildman–Crippen LogP) is 5.68. The highest BCUT2D eigenvalue weighted by atomic mass is 19.1. The Kier molecular flexibility index (Phi) is 4.91. The largest absolute Gasteiger partial charge is 0.491 e. The summed E-state index contributed by atoms with van der Waals surface area (Å²) in [5.74, 6) is 0.265. The second kappa shape index (κ2) is 8.13. The third-order valence-corrected chi connectivity index (χ3v) is 7.90. The summed E-state index contributed by atoms with van der Waals surface area (Å²) >= 11 is 0. The van der Waals surface area contributed by atoms with Crippen molar-refractivity contribution >= 4 is 11.6 Å². The molecular formula is C31H22F2NO4+. The lowest BCUT2D eigenvalue weighted by Gasteiger charge is -2.34. The van der Waals surface area contributed by atoms with Crippen LogP contribution in [-0.4, -0.2) is 19.3 Å². The summed E-state index contributed by atoms with van der Waals surface area (Å²) in [5.41, 5.74) is 2.29. The van der Waals surface area contributed by atoms with Crippen molar-refractivity contribution in [2.75, 3.05) is 13.4 Å². The van der Waals surface area contributed by atoms with Crippen LogP contribution in [0.25, 0.3) is 0 Å². The Morgan fingerprint density at radius 3 is 2.37 bits per heavy atom. The maximum Gasteiger partial charge on any atom is 0.338 e. The lowest BCUT2D eigenvalue weighted by Crippen LogP contribution is -2.56. The molecule has 2 unspecified atom stereocenters. The SMILES string of the molecule is [CH]c1ccccc1C[N+]1(Cc2cc(F)ccc2F)C(=O)C2(COc3cc4c(cc32)OCO4)c2ccccc21. The quantitative estimate of drug-likeness (QED) is 0.332. The van der Waals surface area contributed by atoms with E-state index in [1.54, 1.807) is 18.2 Å². The van der Waals surface area contributed by atoms with E-state index in [1.807, 2.05) is 42.5 Å². The highest BCUT2D eigenvalue weighted by Gasteiger charge is 2.66. The number of quaternary nitrogens is 1. The molecule has 3 aliphatic rings. The standard InChI is InChI=1S/C31H22F2NO4/c1-19-6-2-3-7-20(19)15-34(16-21-12-22(32)10-11-25(21)33)26-9-5-4-8-23(26)31(30(34)35)17-36-27-14-29-28(13-24(27)31)37-18-38-29/h1-14H,15-18H2/q+1. The Bertz CT molecular complexity index is 1640. The molecule has 5 nitrogen and oxygen atoms in total. The molecule has 0 aliphatic carbocycles. The first-order valence-electron chi connectivity index (χ1n) is 12.3. The number of benzene rings is 4. The van der Waals surface area contributed by atoms with Gasteiger partial charge in [-0.2, -0.15) is 0 Å². The first-order valence-corrected chi connectivity index (χ1v) is 12.3. The molecule has 7 rings (SSSR count). The number of fused-ring (bicyclic) bond motifs is 5. The highest BCUT2D eigenvalue weighted by molar-refractivity contribution is 6.08. The average Bonchev–Trinajstić information content (AvgIpc) is 3.59. The van der Waals surface area contributed by atoms with Gasteiger partial charge in [0, 0.05) is 28.3 Å². The van der Waals surface area contributed by atoms with Gasteiger partial charge in [0.05, 0.1) is 0 Å². The van der Waals surface area contributed by atoms with E-state index in [-0.39, 0.29) is 42.4 Å². The lowest BCUT2D eigenvalue weighted by atomic mass is 9.77. The van der Waals surface area contributed by atoms with Gasteiger partial charge in [-0.05, 0) is 42.8 Å². The van der Waals surface area contributed by atoms with E-state index >= 15 is 9.18 Å². The van der Waals surface area contributed by atoms with Gasteiger partial charge < -0.3 is 14.2 Å². The molecule has 0 bridgehead atoms. The summed E-state index contributed by atoms with van der Waals surface area (Å²) in [5, 5.41) is 0. The van der Waals surface area contributed by atoms with Crippen LogP contribution in [0.4, 0.5) is 14.5 Å². The number of carbonyl (C=O) groups is 1. The minimum absolute atomic E-state index is 0.0664. The number of hydrogen-bond donors (Lipinski definition) is 0. The van der Waals surface area contributed by atoms with Crippen molar-refractivity contribution in [1.82, 2.24) is 4.48 Å². The molecule has 2 atom stereocenters. The number of nitrogens with zero attached hydrogens (tertiary/aromatic N) is 1. The van der Waals surface area contributed by atoms with Crippen LogP contribution >= 0.6 is 0 Å². The highest BCUT2D eigenvalue weighted by Crippen LogP contribution is 2.58. The molecular weight excluding hydrogens is 488 g/mol. The van der Waals surface area contributed by atoms with Crippen LogP contribution < -0.4 is 18.7 Å². The number of carbonyl (C=O) groups excluding carboxylic acids is 1. The second-order valence-electron chi connectivity index (χ2n) is 9.94. The molecule has 0 saturated heterocycles. The molecule has 3 aliphatic heterocycles. The Labute approximate surface area is 218 Å². The zero-order valence-corrected chi connectivity index (χ0v) is 20.2. The number of para-hydroxylation sites is 1. The summed E-state index contributed by atoms with van der Waals surface area (Å²) in [4.78, 5) is 15.1. The molecule has 7 heteroatoms. The van der Waals surface area contributed by atoms with Gasteiger partial charge in [0.25, 0.3) is 0 Å². The van der Waals surface area contributed by atoms with Gasteiger partial charge in [0.1, 0.15) is 42.8 Å². The fourth-order valence-corrected chi connectivity index (χ4v) is 6.13. The summed E-state index contributed by atoms with van der Waals surface area (Å²) < 4.78 is 46.4. The topological polar surface area (TPSA) is 44.8 Å². The molecule has 0 N–H and O–H groups in total. The zero-order valence-electron chi connectivity index (χ0n) is 20.2. The summed E-state index contributed by atoms with van der Waals surface area (Å²) in [6.45, 7) is 6.55. The molecule has 4 aromatic carbocycles. The van der Waals surface area contributed by atoms with Crippen LogP contribution in [0.3, 0.4) is 0 Å². The lowest BCUT2D eigenvalue weighted by molar-refractivity contribution is -0.134. The van der Waals surface area contributed by atoms with E-state index < -0.39 is 17.0 Å². The van der Waals surface area contributed by atoms with Crippen LogP contribution in [0.5, 0.6) is 17.2 Å². The molecule has 4 aromatic rings. The Morgan fingerprint density at radius 1 is 0.789 bits per heavy atom. The average molecular weight is 511 g/mol. The van der Waals surface area contributed by atoms with Crippen molar-refractivity contribution < 1.29 is 27.8 Å². The molecule has 188 valence electrons. The molecule has 1 amide bonds. The van der Waals surface area contributed by atoms with Crippen molar-refractivity contribution in [3.05, 3.63) is 125 Å². The Hall–Kier alpha value is -4.23. The molecule has 1 spiro atoms. The third-order valence-electron chi connectivity index (χ3n) is 7.90. The number of amides is 1. The first-order chi connectivity index (χ1) is 18.4. The minimum Gasteiger partial charge on any atom is -0.491 e. The van der Waals surface area contributed by atoms with E-state index in [2.05, 4.69) is 0 Å². The van der Waals surface area contributed by atoms with Crippen LogP contribution in [-0.2, 0) is 23.3 Å². The smallest absolute Gasteiger partial charge is 0.338 e. The van der Waals surface area contributed by atoms with E-state index in [4.69, 9.17) is 21.1 Å². The second-order valence-corrected chi connectivity index (χ2v) is 9.94. The van der Waals surface area contributed by atoms with Crippen molar-refractivity contribution in [2.45, 2.75) is 18.5 Å². The van der Waals surface area contributed by atoms with Crippen molar-refractivity contribution in [3.8, 4) is 17.2 Å². The fraction of sp³-hybridized carbons (Fsp3) is 0.161. The number of hydrogen-bond acceptors (Lipinski definition) is 4. The van der Waals surface area contributed by atoms with Crippen molar-refractivity contribution in [3.63, 3.8) is 0 Å². The summed E-state index contributed by atoms with van der Waals surface area (Å²) in [6, 6.07) is 21.7. The van der Waals surface area contributed by atoms with Crippen molar-refractivity contribution in [1.29, 1.82) is 0 Å². The molecule has 38 heavy (non-hydrogen) atoms. The molecule has 0 fully saturated rings.